The second-order valence-corrected chi connectivity index (χ2v) is 5.05. The quantitative estimate of drug-likeness (QED) is 0.684. The SMILES string of the molecule is CC(C)(CCNC(=O)c1cn[nH]c1)CCC(=O)O. The van der Waals surface area contributed by atoms with Gasteiger partial charge in [0.2, 0.25) is 0 Å². The van der Waals surface area contributed by atoms with Crippen LogP contribution in [0.3, 0.4) is 0 Å². The van der Waals surface area contributed by atoms with E-state index in [0.717, 1.165) is 6.42 Å². The maximum atomic E-state index is 11.6. The van der Waals surface area contributed by atoms with Gasteiger partial charge in [-0.3, -0.25) is 14.7 Å². The highest BCUT2D eigenvalue weighted by Gasteiger charge is 2.19. The minimum Gasteiger partial charge on any atom is -0.481 e. The molecule has 1 aromatic heterocycles. The molecule has 1 amide bonds. The normalized spacial score (nSPS) is 11.2. The van der Waals surface area contributed by atoms with Crippen molar-refractivity contribution in [1.82, 2.24) is 15.5 Å². The number of aromatic nitrogens is 2. The number of carboxylic acid groups (broad SMARTS) is 1. The summed E-state index contributed by atoms with van der Waals surface area (Å²) in [7, 11) is 0. The lowest BCUT2D eigenvalue weighted by Gasteiger charge is -2.23. The van der Waals surface area contributed by atoms with E-state index >= 15 is 0 Å². The molecule has 1 rings (SSSR count). The van der Waals surface area contributed by atoms with Crippen LogP contribution in [0, 0.1) is 5.41 Å². The van der Waals surface area contributed by atoms with Crippen molar-refractivity contribution in [2.75, 3.05) is 6.54 Å². The summed E-state index contributed by atoms with van der Waals surface area (Å²) in [6.45, 7) is 4.52. The first kappa shape index (κ1) is 14.2. The summed E-state index contributed by atoms with van der Waals surface area (Å²) in [5, 5.41) is 17.7. The number of carboxylic acids is 1. The number of aromatic amines is 1. The molecule has 1 heterocycles. The molecule has 0 spiro atoms. The zero-order chi connectivity index (χ0) is 13.6. The Kier molecular flexibility index (Phi) is 4.88. The first-order valence-corrected chi connectivity index (χ1v) is 5.89. The highest BCUT2D eigenvalue weighted by Crippen LogP contribution is 2.25. The summed E-state index contributed by atoms with van der Waals surface area (Å²) in [4.78, 5) is 22.1. The van der Waals surface area contributed by atoms with Gasteiger partial charge in [-0.05, 0) is 18.3 Å². The van der Waals surface area contributed by atoms with Crippen LogP contribution >= 0.6 is 0 Å². The molecule has 6 nitrogen and oxygen atoms in total. The molecule has 0 fully saturated rings. The molecule has 0 aliphatic heterocycles. The Labute approximate surface area is 106 Å². The summed E-state index contributed by atoms with van der Waals surface area (Å²) in [6.07, 6.45) is 4.49. The lowest BCUT2D eigenvalue weighted by atomic mass is 9.84. The molecule has 0 unspecified atom stereocenters. The number of H-pyrrole nitrogens is 1. The lowest BCUT2D eigenvalue weighted by Crippen LogP contribution is -2.28. The first-order chi connectivity index (χ1) is 8.41. The number of carbonyl (C=O) groups excluding carboxylic acids is 1. The molecule has 0 saturated heterocycles. The van der Waals surface area contributed by atoms with E-state index in [9.17, 15) is 9.59 Å². The van der Waals surface area contributed by atoms with Crippen molar-refractivity contribution in [3.63, 3.8) is 0 Å². The van der Waals surface area contributed by atoms with Crippen LogP contribution in [0.15, 0.2) is 12.4 Å². The number of amides is 1. The number of hydrogen-bond donors (Lipinski definition) is 3. The Balaban J connectivity index is 2.28. The van der Waals surface area contributed by atoms with Gasteiger partial charge in [0, 0.05) is 19.2 Å². The smallest absolute Gasteiger partial charge is 0.303 e. The maximum absolute atomic E-state index is 11.6. The molecule has 0 bridgehead atoms. The molecule has 100 valence electrons. The van der Waals surface area contributed by atoms with E-state index in [-0.39, 0.29) is 17.7 Å². The van der Waals surface area contributed by atoms with Crippen LogP contribution in [0.2, 0.25) is 0 Å². The number of rotatable bonds is 7. The maximum Gasteiger partial charge on any atom is 0.303 e. The summed E-state index contributed by atoms with van der Waals surface area (Å²) < 4.78 is 0. The second kappa shape index (κ2) is 6.18. The number of hydrogen-bond acceptors (Lipinski definition) is 3. The van der Waals surface area contributed by atoms with Crippen molar-refractivity contribution in [2.24, 2.45) is 5.41 Å². The zero-order valence-electron chi connectivity index (χ0n) is 10.7. The molecule has 0 radical (unpaired) electrons. The van der Waals surface area contributed by atoms with Gasteiger partial charge in [-0.25, -0.2) is 0 Å². The molecule has 0 aliphatic rings. The Morgan fingerprint density at radius 2 is 2.17 bits per heavy atom. The molecule has 0 aromatic carbocycles. The van der Waals surface area contributed by atoms with Crippen molar-refractivity contribution in [1.29, 1.82) is 0 Å². The summed E-state index contributed by atoms with van der Waals surface area (Å²) in [5.74, 6) is -0.955. The Morgan fingerprint density at radius 1 is 1.44 bits per heavy atom. The topological polar surface area (TPSA) is 95.1 Å². The highest BCUT2D eigenvalue weighted by atomic mass is 16.4. The lowest BCUT2D eigenvalue weighted by molar-refractivity contribution is -0.137. The summed E-state index contributed by atoms with van der Waals surface area (Å²) in [6, 6.07) is 0. The molecule has 6 heteroatoms. The predicted octanol–water partition coefficient (Wildman–Crippen LogP) is 1.42. The molecule has 0 aliphatic carbocycles. The van der Waals surface area contributed by atoms with Gasteiger partial charge in [0.05, 0.1) is 11.8 Å². The van der Waals surface area contributed by atoms with Crippen molar-refractivity contribution in [2.45, 2.75) is 33.1 Å². The van der Waals surface area contributed by atoms with E-state index in [1.54, 1.807) is 0 Å². The Bertz CT molecular complexity index is 399. The van der Waals surface area contributed by atoms with Gasteiger partial charge < -0.3 is 10.4 Å². The molecule has 0 saturated carbocycles. The van der Waals surface area contributed by atoms with E-state index in [1.807, 2.05) is 13.8 Å². The first-order valence-electron chi connectivity index (χ1n) is 5.89. The molecular formula is C12H19N3O3. The summed E-state index contributed by atoms with van der Waals surface area (Å²) >= 11 is 0. The van der Waals surface area contributed by atoms with E-state index in [0.29, 0.717) is 18.5 Å². The fourth-order valence-corrected chi connectivity index (χ4v) is 1.56. The van der Waals surface area contributed by atoms with Gasteiger partial charge in [-0.15, -0.1) is 0 Å². The molecule has 0 atom stereocenters. The second-order valence-electron chi connectivity index (χ2n) is 5.05. The van der Waals surface area contributed by atoms with E-state index in [4.69, 9.17) is 5.11 Å². The Morgan fingerprint density at radius 3 is 2.72 bits per heavy atom. The standard InChI is InChI=1S/C12H19N3O3/c1-12(2,4-3-10(16)17)5-6-13-11(18)9-7-14-15-8-9/h7-8H,3-6H2,1-2H3,(H,13,18)(H,14,15)(H,16,17). The number of nitrogens with zero attached hydrogens (tertiary/aromatic N) is 1. The minimum absolute atomic E-state index is 0.0952. The van der Waals surface area contributed by atoms with Crippen molar-refractivity contribution < 1.29 is 14.7 Å². The number of carbonyl (C=O) groups is 2. The fourth-order valence-electron chi connectivity index (χ4n) is 1.56. The van der Waals surface area contributed by atoms with Gasteiger partial charge in [-0.2, -0.15) is 5.10 Å². The van der Waals surface area contributed by atoms with Gasteiger partial charge in [0.25, 0.3) is 5.91 Å². The third-order valence-corrected chi connectivity index (χ3v) is 2.86. The summed E-state index contributed by atoms with van der Waals surface area (Å²) in [5.41, 5.74) is 0.403. The Hall–Kier alpha value is -1.85. The molecule has 1 aromatic rings. The zero-order valence-corrected chi connectivity index (χ0v) is 10.7. The molecule has 18 heavy (non-hydrogen) atoms. The van der Waals surface area contributed by atoms with E-state index in [1.165, 1.54) is 12.4 Å². The van der Waals surface area contributed by atoms with Gasteiger partial charge >= 0.3 is 5.97 Å². The molecule has 3 N–H and O–H groups in total. The van der Waals surface area contributed by atoms with Crippen LogP contribution in [-0.2, 0) is 4.79 Å². The molecular weight excluding hydrogens is 234 g/mol. The average molecular weight is 253 g/mol. The number of nitrogens with one attached hydrogen (secondary N) is 2. The van der Waals surface area contributed by atoms with Crippen LogP contribution in [0.25, 0.3) is 0 Å². The van der Waals surface area contributed by atoms with Crippen molar-refractivity contribution in [3.8, 4) is 0 Å². The third kappa shape index (κ3) is 4.99. The predicted molar refractivity (Wildman–Crippen MR) is 66.2 cm³/mol. The third-order valence-electron chi connectivity index (χ3n) is 2.86. The van der Waals surface area contributed by atoms with Gasteiger partial charge in [-0.1, -0.05) is 13.8 Å². The van der Waals surface area contributed by atoms with Crippen LogP contribution in [0.1, 0.15) is 43.5 Å². The van der Waals surface area contributed by atoms with Crippen LogP contribution in [-0.4, -0.2) is 33.7 Å². The largest absolute Gasteiger partial charge is 0.481 e. The number of aliphatic carboxylic acids is 1. The minimum atomic E-state index is -0.787. The van der Waals surface area contributed by atoms with Crippen LogP contribution < -0.4 is 5.32 Å². The van der Waals surface area contributed by atoms with E-state index < -0.39 is 5.97 Å². The van der Waals surface area contributed by atoms with Crippen molar-refractivity contribution >= 4 is 11.9 Å². The fraction of sp³-hybridized carbons (Fsp3) is 0.583. The van der Waals surface area contributed by atoms with Gasteiger partial charge in [0.1, 0.15) is 0 Å². The van der Waals surface area contributed by atoms with Crippen molar-refractivity contribution in [3.05, 3.63) is 18.0 Å². The average Bonchev–Trinajstić information content (AvgIpc) is 2.79. The monoisotopic (exact) mass is 253 g/mol. The van der Waals surface area contributed by atoms with Gasteiger partial charge in [0.15, 0.2) is 0 Å². The van der Waals surface area contributed by atoms with Crippen LogP contribution in [0.4, 0.5) is 0 Å². The highest BCUT2D eigenvalue weighted by molar-refractivity contribution is 5.93. The van der Waals surface area contributed by atoms with E-state index in [2.05, 4.69) is 15.5 Å². The van der Waals surface area contributed by atoms with Crippen LogP contribution in [0.5, 0.6) is 0 Å².